The third kappa shape index (κ3) is 7.08. The molecule has 3 aliphatic rings. The molecule has 0 bridgehead atoms. The van der Waals surface area contributed by atoms with Crippen molar-refractivity contribution in [3.8, 4) is 11.6 Å². The van der Waals surface area contributed by atoms with Crippen LogP contribution in [-0.2, 0) is 24.8 Å². The molecule has 238 valence electrons. The van der Waals surface area contributed by atoms with Crippen LogP contribution in [0.4, 0.5) is 5.69 Å². The molecule has 15 heteroatoms. The molecule has 13 nitrogen and oxygen atoms in total. The number of fused-ring (bicyclic) bond motifs is 1. The molecular weight excluding hydrogens is 598 g/mol. The van der Waals surface area contributed by atoms with Gasteiger partial charge in [-0.3, -0.25) is 0 Å². The molecule has 0 radical (unpaired) electrons. The SMILES string of the molecule is CNS(=O)(=O)c1cccc(OC[C@@H](O)CN[C@H]2COC3(CCN(S(=O)(=O)c4cnc5c(c4)N(C(C)C)CCO5)CC3)C2)c1. The molecule has 1 spiro atoms. The molecule has 43 heavy (non-hydrogen) atoms. The Morgan fingerprint density at radius 1 is 1.14 bits per heavy atom. The average Bonchev–Trinajstić information content (AvgIpc) is 3.40. The highest BCUT2D eigenvalue weighted by Gasteiger charge is 2.45. The summed E-state index contributed by atoms with van der Waals surface area (Å²) in [7, 11) is -5.99. The number of anilines is 1. The third-order valence-corrected chi connectivity index (χ3v) is 11.5. The summed E-state index contributed by atoms with van der Waals surface area (Å²) in [5.74, 6) is 0.803. The zero-order valence-electron chi connectivity index (χ0n) is 24.7. The molecule has 0 saturated carbocycles. The first-order chi connectivity index (χ1) is 20.4. The summed E-state index contributed by atoms with van der Waals surface area (Å²) in [6.45, 7) is 6.70. The number of piperidine rings is 1. The molecule has 1 aromatic heterocycles. The molecule has 2 atom stereocenters. The Kier molecular flexibility index (Phi) is 9.51. The standard InChI is InChI=1S/C28H41N5O8S2/c1-20(2)33-11-12-39-27-26(33)14-25(17-31-27)43(37,38)32-9-7-28(8-10-32)15-21(18-41-28)30-16-22(34)19-40-23-5-4-6-24(13-23)42(35,36)29-3/h4-6,13-14,17,20-22,29-30,34H,7-12,15-16,18-19H2,1-3H3/t21-,22+/m1/s1. The molecular formula is C28H41N5O8S2. The van der Waals surface area contributed by atoms with Crippen LogP contribution >= 0.6 is 0 Å². The van der Waals surface area contributed by atoms with E-state index < -0.39 is 31.8 Å². The van der Waals surface area contributed by atoms with Crippen molar-refractivity contribution in [1.82, 2.24) is 19.3 Å². The first-order valence-electron chi connectivity index (χ1n) is 14.5. The van der Waals surface area contributed by atoms with Gasteiger partial charge in [-0.1, -0.05) is 6.07 Å². The van der Waals surface area contributed by atoms with Gasteiger partial charge in [0.1, 0.15) is 35.7 Å². The van der Waals surface area contributed by atoms with Crippen molar-refractivity contribution in [3.63, 3.8) is 0 Å². The Balaban J connectivity index is 1.10. The van der Waals surface area contributed by atoms with Crippen LogP contribution < -0.4 is 24.4 Å². The molecule has 5 rings (SSSR count). The lowest BCUT2D eigenvalue weighted by Crippen LogP contribution is -2.47. The van der Waals surface area contributed by atoms with Gasteiger partial charge in [0.15, 0.2) is 0 Å². The lowest BCUT2D eigenvalue weighted by atomic mass is 9.88. The minimum absolute atomic E-state index is 0.00812. The van der Waals surface area contributed by atoms with Crippen molar-refractivity contribution in [3.05, 3.63) is 36.5 Å². The minimum Gasteiger partial charge on any atom is -0.491 e. The van der Waals surface area contributed by atoms with Gasteiger partial charge < -0.3 is 29.5 Å². The molecule has 2 saturated heterocycles. The zero-order valence-corrected chi connectivity index (χ0v) is 26.4. The van der Waals surface area contributed by atoms with E-state index in [1.165, 1.54) is 29.7 Å². The Labute approximate surface area is 253 Å². The van der Waals surface area contributed by atoms with Gasteiger partial charge in [0.25, 0.3) is 0 Å². The van der Waals surface area contributed by atoms with Crippen LogP contribution in [0.3, 0.4) is 0 Å². The number of nitrogens with zero attached hydrogens (tertiary/aromatic N) is 3. The second kappa shape index (κ2) is 12.8. The van der Waals surface area contributed by atoms with Crippen molar-refractivity contribution in [2.24, 2.45) is 0 Å². The number of ether oxygens (including phenoxy) is 3. The summed E-state index contributed by atoms with van der Waals surface area (Å²) in [6.07, 6.45) is 2.41. The van der Waals surface area contributed by atoms with E-state index in [9.17, 15) is 21.9 Å². The summed E-state index contributed by atoms with van der Waals surface area (Å²) < 4.78 is 72.3. The highest BCUT2D eigenvalue weighted by atomic mass is 32.2. The highest BCUT2D eigenvalue weighted by Crippen LogP contribution is 2.38. The van der Waals surface area contributed by atoms with Gasteiger partial charge >= 0.3 is 0 Å². The second-order valence-electron chi connectivity index (χ2n) is 11.5. The van der Waals surface area contributed by atoms with E-state index in [0.717, 1.165) is 0 Å². The fourth-order valence-corrected chi connectivity index (χ4v) is 7.96. The van der Waals surface area contributed by atoms with Gasteiger partial charge in [-0.15, -0.1) is 0 Å². The maximum absolute atomic E-state index is 13.5. The van der Waals surface area contributed by atoms with Gasteiger partial charge in [-0.05, 0) is 58.4 Å². The van der Waals surface area contributed by atoms with Gasteiger partial charge in [0.2, 0.25) is 25.9 Å². The zero-order chi connectivity index (χ0) is 30.8. The number of aromatic nitrogens is 1. The number of aliphatic hydroxyl groups excluding tert-OH is 1. The molecule has 0 unspecified atom stereocenters. The highest BCUT2D eigenvalue weighted by molar-refractivity contribution is 7.89. The summed E-state index contributed by atoms with van der Waals surface area (Å²) in [5, 5.41) is 13.8. The van der Waals surface area contributed by atoms with Crippen LogP contribution in [0, 0.1) is 0 Å². The molecule has 2 fully saturated rings. The van der Waals surface area contributed by atoms with Crippen LogP contribution in [0.5, 0.6) is 11.6 Å². The van der Waals surface area contributed by atoms with E-state index in [0.29, 0.717) is 69.4 Å². The molecule has 0 aliphatic carbocycles. The number of rotatable bonds is 11. The number of pyridine rings is 1. The number of aliphatic hydroxyl groups is 1. The quantitative estimate of drug-likeness (QED) is 0.321. The van der Waals surface area contributed by atoms with E-state index in [2.05, 4.69) is 33.8 Å². The van der Waals surface area contributed by atoms with E-state index in [1.54, 1.807) is 18.2 Å². The maximum Gasteiger partial charge on any atom is 0.244 e. The summed E-state index contributed by atoms with van der Waals surface area (Å²) in [4.78, 5) is 6.67. The lowest BCUT2D eigenvalue weighted by molar-refractivity contribution is -0.0312. The predicted octanol–water partition coefficient (Wildman–Crippen LogP) is 0.939. The second-order valence-corrected chi connectivity index (χ2v) is 15.3. The van der Waals surface area contributed by atoms with Crippen molar-refractivity contribution in [2.75, 3.05) is 57.9 Å². The maximum atomic E-state index is 13.5. The Bertz CT molecular complexity index is 1500. The van der Waals surface area contributed by atoms with E-state index >= 15 is 0 Å². The number of hydrogen-bond donors (Lipinski definition) is 3. The minimum atomic E-state index is -3.73. The Hall–Kier alpha value is -2.53. The van der Waals surface area contributed by atoms with Crippen LogP contribution in [0.1, 0.15) is 33.1 Å². The van der Waals surface area contributed by atoms with Gasteiger partial charge in [0, 0.05) is 37.8 Å². The molecule has 4 heterocycles. The fraction of sp³-hybridized carbons (Fsp3) is 0.607. The van der Waals surface area contributed by atoms with Gasteiger partial charge in [-0.25, -0.2) is 26.5 Å². The Morgan fingerprint density at radius 3 is 2.63 bits per heavy atom. The topological polar surface area (TPSA) is 160 Å². The normalized spacial score (nSPS) is 21.5. The summed E-state index contributed by atoms with van der Waals surface area (Å²) in [5.41, 5.74) is 0.285. The number of hydrogen-bond acceptors (Lipinski definition) is 11. The number of sulfonamides is 2. The Morgan fingerprint density at radius 2 is 1.91 bits per heavy atom. The first-order valence-corrected chi connectivity index (χ1v) is 17.5. The van der Waals surface area contributed by atoms with Gasteiger partial charge in [0.05, 0.1) is 29.8 Å². The smallest absolute Gasteiger partial charge is 0.244 e. The van der Waals surface area contributed by atoms with Crippen molar-refractivity contribution in [2.45, 2.75) is 66.7 Å². The summed E-state index contributed by atoms with van der Waals surface area (Å²) in [6, 6.07) is 7.95. The van der Waals surface area contributed by atoms with Crippen LogP contribution in [0.25, 0.3) is 0 Å². The lowest BCUT2D eigenvalue weighted by Gasteiger charge is -2.38. The molecule has 1 aromatic carbocycles. The van der Waals surface area contributed by atoms with Crippen LogP contribution in [0.15, 0.2) is 46.3 Å². The third-order valence-electron chi connectivity index (χ3n) is 8.26. The van der Waals surface area contributed by atoms with Crippen LogP contribution in [0.2, 0.25) is 0 Å². The van der Waals surface area contributed by atoms with Crippen molar-refractivity contribution >= 4 is 25.7 Å². The van der Waals surface area contributed by atoms with Crippen LogP contribution in [-0.4, -0.2) is 108 Å². The van der Waals surface area contributed by atoms with E-state index in [1.807, 2.05) is 0 Å². The van der Waals surface area contributed by atoms with Crippen molar-refractivity contribution < 1.29 is 36.2 Å². The van der Waals surface area contributed by atoms with Crippen molar-refractivity contribution in [1.29, 1.82) is 0 Å². The first kappa shape index (κ1) is 31.9. The number of nitrogens with one attached hydrogen (secondary N) is 2. The van der Waals surface area contributed by atoms with E-state index in [4.69, 9.17) is 14.2 Å². The van der Waals surface area contributed by atoms with E-state index in [-0.39, 0.29) is 35.0 Å². The largest absolute Gasteiger partial charge is 0.491 e. The summed E-state index contributed by atoms with van der Waals surface area (Å²) >= 11 is 0. The average molecular weight is 640 g/mol. The molecule has 3 N–H and O–H groups in total. The predicted molar refractivity (Wildman–Crippen MR) is 159 cm³/mol. The monoisotopic (exact) mass is 639 g/mol. The fourth-order valence-electron chi connectivity index (χ4n) is 5.79. The molecule has 2 aromatic rings. The molecule has 3 aliphatic heterocycles. The van der Waals surface area contributed by atoms with Gasteiger partial charge in [-0.2, -0.15) is 4.31 Å². The number of benzene rings is 1. The molecule has 0 amide bonds.